The molecule has 0 saturated carbocycles. The number of benzene rings is 1. The summed E-state index contributed by atoms with van der Waals surface area (Å²) >= 11 is 0. The first-order valence-corrected chi connectivity index (χ1v) is 6.69. The lowest BCUT2D eigenvalue weighted by atomic mass is 10.2. The van der Waals surface area contributed by atoms with Gasteiger partial charge in [0.15, 0.2) is 5.76 Å². The topological polar surface area (TPSA) is 88.9 Å². The average molecular weight is 318 g/mol. The van der Waals surface area contributed by atoms with Crippen LogP contribution in [0.3, 0.4) is 0 Å². The van der Waals surface area contributed by atoms with Crippen LogP contribution in [0.25, 0.3) is 0 Å². The summed E-state index contributed by atoms with van der Waals surface area (Å²) in [5, 5.41) is 9.61. The molecule has 0 aliphatic carbocycles. The maximum atomic E-state index is 13.2. The fraction of sp³-hybridized carbons (Fsp3) is 0.188. The van der Waals surface area contributed by atoms with Crippen LogP contribution in [-0.2, 0) is 0 Å². The molecular formula is C16H15FN2O4. The second kappa shape index (κ2) is 6.85. The summed E-state index contributed by atoms with van der Waals surface area (Å²) in [6, 6.07) is 5.66. The van der Waals surface area contributed by atoms with Crippen molar-refractivity contribution in [3.63, 3.8) is 0 Å². The van der Waals surface area contributed by atoms with Crippen LogP contribution in [0.2, 0.25) is 0 Å². The number of nitrogens with zero attached hydrogens (tertiary/aromatic N) is 1. The van der Waals surface area contributed by atoms with E-state index in [0.717, 1.165) is 0 Å². The van der Waals surface area contributed by atoms with Gasteiger partial charge in [0.2, 0.25) is 0 Å². The van der Waals surface area contributed by atoms with Gasteiger partial charge in [-0.2, -0.15) is 5.06 Å². The summed E-state index contributed by atoms with van der Waals surface area (Å²) in [4.78, 5) is 10.8. The molecule has 1 unspecified atom stereocenters. The third-order valence-electron chi connectivity index (χ3n) is 2.93. The number of halogens is 1. The van der Waals surface area contributed by atoms with Gasteiger partial charge in [-0.3, -0.25) is 5.21 Å². The molecule has 3 N–H and O–H groups in total. The molecule has 2 aromatic rings. The smallest absolute Gasteiger partial charge is 0.339 e. The minimum atomic E-state index is -0.998. The van der Waals surface area contributed by atoms with E-state index >= 15 is 0 Å². The second-order valence-electron chi connectivity index (χ2n) is 4.76. The van der Waals surface area contributed by atoms with E-state index in [-0.39, 0.29) is 17.5 Å². The number of hydrogen-bond acceptors (Lipinski definition) is 4. The zero-order chi connectivity index (χ0) is 17.0. The zero-order valence-electron chi connectivity index (χ0n) is 12.5. The molecule has 1 aromatic heterocycles. The van der Waals surface area contributed by atoms with Gasteiger partial charge in [0.1, 0.15) is 17.6 Å². The van der Waals surface area contributed by atoms with E-state index in [1.165, 1.54) is 19.1 Å². The molecule has 0 aliphatic rings. The summed E-state index contributed by atoms with van der Waals surface area (Å²) in [7, 11) is 0. The van der Waals surface area contributed by atoms with Crippen LogP contribution in [0.1, 0.15) is 18.2 Å². The lowest BCUT2D eigenvalue weighted by molar-refractivity contribution is -0.0536. The molecule has 0 aliphatic heterocycles. The fourth-order valence-electron chi connectivity index (χ4n) is 1.67. The predicted molar refractivity (Wildman–Crippen MR) is 79.5 cm³/mol. The van der Waals surface area contributed by atoms with Crippen LogP contribution in [0.4, 0.5) is 9.18 Å². The van der Waals surface area contributed by atoms with E-state index in [1.807, 2.05) is 0 Å². The monoisotopic (exact) mass is 318 g/mol. The number of carbonyl (C=O) groups is 1. The van der Waals surface area contributed by atoms with Gasteiger partial charge in [-0.15, -0.1) is 0 Å². The summed E-state index contributed by atoms with van der Waals surface area (Å²) in [6.07, 6.45) is 0. The highest BCUT2D eigenvalue weighted by Crippen LogP contribution is 2.25. The normalized spacial score (nSPS) is 11.3. The van der Waals surface area contributed by atoms with Gasteiger partial charge < -0.3 is 14.9 Å². The first-order valence-electron chi connectivity index (χ1n) is 6.69. The maximum Gasteiger partial charge on any atom is 0.339 e. The molecule has 7 heteroatoms. The molecule has 0 bridgehead atoms. The quantitative estimate of drug-likeness (QED) is 0.517. The van der Waals surface area contributed by atoms with E-state index in [4.69, 9.17) is 14.9 Å². The van der Waals surface area contributed by atoms with E-state index in [2.05, 4.69) is 11.8 Å². The molecular weight excluding hydrogens is 303 g/mol. The minimum absolute atomic E-state index is 0.184. The van der Waals surface area contributed by atoms with Crippen LogP contribution in [0.5, 0.6) is 11.7 Å². The Hall–Kier alpha value is -2.98. The molecule has 0 spiro atoms. The Kier molecular flexibility index (Phi) is 4.88. The number of hydrogen-bond donors (Lipinski definition) is 2. The third-order valence-corrected chi connectivity index (χ3v) is 2.93. The molecule has 0 saturated heterocycles. The number of carbonyl (C=O) groups excluding carboxylic acids is 1. The molecule has 1 atom stereocenters. The average Bonchev–Trinajstić information content (AvgIpc) is 2.95. The predicted octanol–water partition coefficient (Wildman–Crippen LogP) is 3.03. The van der Waals surface area contributed by atoms with Crippen LogP contribution in [0.15, 0.2) is 34.7 Å². The van der Waals surface area contributed by atoms with Gasteiger partial charge in [-0.25, -0.2) is 9.18 Å². The standard InChI is InChI=1S/C16H15FN2O4/c1-10-9-13(5-7-14(10)17)23-15-8-6-12(22-15)4-3-11(2)19(21)16(18)20/h5-9,11,21H,1-2H3,(H2,18,20). The number of nitrogens with two attached hydrogens (primary N) is 1. The lowest BCUT2D eigenvalue weighted by Gasteiger charge is -2.14. The molecule has 23 heavy (non-hydrogen) atoms. The maximum absolute atomic E-state index is 13.2. The van der Waals surface area contributed by atoms with Gasteiger partial charge in [0, 0.05) is 6.07 Å². The largest absolute Gasteiger partial charge is 0.426 e. The van der Waals surface area contributed by atoms with Crippen molar-refractivity contribution >= 4 is 6.03 Å². The van der Waals surface area contributed by atoms with Crippen molar-refractivity contribution in [2.45, 2.75) is 19.9 Å². The first-order chi connectivity index (χ1) is 10.9. The highest BCUT2D eigenvalue weighted by atomic mass is 19.1. The highest BCUT2D eigenvalue weighted by molar-refractivity contribution is 5.71. The van der Waals surface area contributed by atoms with Gasteiger partial charge in [-0.05, 0) is 49.6 Å². The van der Waals surface area contributed by atoms with Crippen LogP contribution < -0.4 is 10.5 Å². The van der Waals surface area contributed by atoms with E-state index in [1.54, 1.807) is 25.1 Å². The van der Waals surface area contributed by atoms with E-state index < -0.39 is 12.1 Å². The van der Waals surface area contributed by atoms with Crippen LogP contribution in [0, 0.1) is 24.6 Å². The van der Waals surface area contributed by atoms with Crippen LogP contribution >= 0.6 is 0 Å². The first kappa shape index (κ1) is 16.4. The van der Waals surface area contributed by atoms with E-state index in [0.29, 0.717) is 16.4 Å². The van der Waals surface area contributed by atoms with Crippen LogP contribution in [-0.4, -0.2) is 22.3 Å². The number of ether oxygens (including phenoxy) is 1. The van der Waals surface area contributed by atoms with Crippen molar-refractivity contribution < 1.29 is 23.5 Å². The molecule has 1 aromatic carbocycles. The number of amides is 2. The minimum Gasteiger partial charge on any atom is -0.426 e. The number of primary amides is 1. The van der Waals surface area contributed by atoms with Crippen molar-refractivity contribution in [1.82, 2.24) is 5.06 Å². The summed E-state index contributed by atoms with van der Waals surface area (Å²) in [6.45, 7) is 3.13. The third kappa shape index (κ3) is 4.25. The number of aryl methyl sites for hydroxylation is 1. The molecule has 2 amide bonds. The Labute approximate surface area is 132 Å². The second-order valence-corrected chi connectivity index (χ2v) is 4.76. The Balaban J connectivity index is 2.06. The summed E-state index contributed by atoms with van der Waals surface area (Å²) in [5.74, 6) is 5.82. The zero-order valence-corrected chi connectivity index (χ0v) is 12.5. The molecule has 0 fully saturated rings. The number of rotatable bonds is 3. The highest BCUT2D eigenvalue weighted by Gasteiger charge is 2.12. The van der Waals surface area contributed by atoms with E-state index in [9.17, 15) is 14.4 Å². The van der Waals surface area contributed by atoms with Gasteiger partial charge in [0.25, 0.3) is 5.95 Å². The van der Waals surface area contributed by atoms with Crippen molar-refractivity contribution in [2.24, 2.45) is 5.73 Å². The molecule has 0 radical (unpaired) electrons. The van der Waals surface area contributed by atoms with Gasteiger partial charge in [0.05, 0.1) is 0 Å². The van der Waals surface area contributed by atoms with Gasteiger partial charge in [-0.1, -0.05) is 5.92 Å². The SMILES string of the molecule is Cc1cc(Oc2ccc(C#CC(C)N(O)C(N)=O)o2)ccc1F. The van der Waals surface area contributed by atoms with Crippen molar-refractivity contribution in [2.75, 3.05) is 0 Å². The molecule has 6 nitrogen and oxygen atoms in total. The van der Waals surface area contributed by atoms with Crippen molar-refractivity contribution in [1.29, 1.82) is 0 Å². The summed E-state index contributed by atoms with van der Waals surface area (Å²) in [5.41, 5.74) is 5.37. The number of hydroxylamine groups is 2. The molecule has 2 rings (SSSR count). The Morgan fingerprint density at radius 1 is 1.43 bits per heavy atom. The van der Waals surface area contributed by atoms with Gasteiger partial charge >= 0.3 is 6.03 Å². The molecule has 1 heterocycles. The number of furan rings is 1. The Morgan fingerprint density at radius 3 is 2.83 bits per heavy atom. The van der Waals surface area contributed by atoms with Crippen molar-refractivity contribution in [3.8, 4) is 23.5 Å². The lowest BCUT2D eigenvalue weighted by Crippen LogP contribution is -2.38. The number of urea groups is 1. The Morgan fingerprint density at radius 2 is 2.17 bits per heavy atom. The summed E-state index contributed by atoms with van der Waals surface area (Å²) < 4.78 is 24.0. The Bertz CT molecular complexity index is 776. The molecule has 120 valence electrons. The fourth-order valence-corrected chi connectivity index (χ4v) is 1.67. The van der Waals surface area contributed by atoms with Crippen molar-refractivity contribution in [3.05, 3.63) is 47.5 Å².